The van der Waals surface area contributed by atoms with Gasteiger partial charge < -0.3 is 23.8 Å². The molecule has 148 valence electrons. The molecule has 0 bridgehead atoms. The number of furan rings is 2. The van der Waals surface area contributed by atoms with Crippen LogP contribution in [0.25, 0.3) is 11.0 Å². The van der Waals surface area contributed by atoms with Gasteiger partial charge in [-0.15, -0.1) is 0 Å². The van der Waals surface area contributed by atoms with Crippen molar-refractivity contribution in [3.05, 3.63) is 59.7 Å². The first kappa shape index (κ1) is 18.8. The molecule has 1 atom stereocenters. The Morgan fingerprint density at radius 3 is 2.79 bits per heavy atom. The second-order valence-electron chi connectivity index (χ2n) is 7.19. The van der Waals surface area contributed by atoms with Crippen molar-refractivity contribution in [1.82, 2.24) is 5.32 Å². The monoisotopic (exact) mass is 383 g/mol. The van der Waals surface area contributed by atoms with E-state index in [0.29, 0.717) is 31.1 Å². The number of nitrogens with one attached hydrogen (secondary N) is 2. The van der Waals surface area contributed by atoms with Gasteiger partial charge in [-0.25, -0.2) is 0 Å². The summed E-state index contributed by atoms with van der Waals surface area (Å²) in [4.78, 5) is 14.4. The molecular formula is C22H27N2O4+. The van der Waals surface area contributed by atoms with Crippen molar-refractivity contribution in [1.29, 1.82) is 0 Å². The fourth-order valence-electron chi connectivity index (χ4n) is 4.02. The van der Waals surface area contributed by atoms with Crippen LogP contribution in [0.4, 0.5) is 0 Å². The number of benzene rings is 1. The average molecular weight is 383 g/mol. The van der Waals surface area contributed by atoms with Gasteiger partial charge in [0, 0.05) is 30.4 Å². The number of hydrogen-bond acceptors (Lipinski definition) is 4. The summed E-state index contributed by atoms with van der Waals surface area (Å²) in [6.45, 7) is 5.58. The molecule has 6 heteroatoms. The number of carbonyl (C=O) groups excluding carboxylic acids is 1. The molecule has 1 aliphatic rings. The van der Waals surface area contributed by atoms with E-state index in [4.69, 9.17) is 13.6 Å². The Morgan fingerprint density at radius 1 is 1.21 bits per heavy atom. The zero-order chi connectivity index (χ0) is 19.3. The fraction of sp³-hybridized carbons (Fsp3) is 0.409. The van der Waals surface area contributed by atoms with Gasteiger partial charge >= 0.3 is 0 Å². The van der Waals surface area contributed by atoms with Gasteiger partial charge in [0.05, 0.1) is 32.5 Å². The van der Waals surface area contributed by atoms with Gasteiger partial charge in [-0.2, -0.15) is 0 Å². The van der Waals surface area contributed by atoms with Gasteiger partial charge in [0.1, 0.15) is 5.58 Å². The lowest BCUT2D eigenvalue weighted by Crippen LogP contribution is -3.11. The highest BCUT2D eigenvalue weighted by atomic mass is 16.5. The topological polar surface area (TPSA) is 69.0 Å². The fourth-order valence-corrected chi connectivity index (χ4v) is 4.02. The van der Waals surface area contributed by atoms with Crippen molar-refractivity contribution in [3.8, 4) is 0 Å². The zero-order valence-electron chi connectivity index (χ0n) is 16.2. The molecule has 0 saturated carbocycles. The van der Waals surface area contributed by atoms with Gasteiger partial charge in [0.2, 0.25) is 0 Å². The zero-order valence-corrected chi connectivity index (χ0v) is 16.2. The van der Waals surface area contributed by atoms with Crippen LogP contribution in [0.15, 0.2) is 51.5 Å². The minimum Gasteiger partial charge on any atom is -0.463 e. The number of quaternary nitrogens is 1. The van der Waals surface area contributed by atoms with Crippen LogP contribution < -0.4 is 10.2 Å². The van der Waals surface area contributed by atoms with E-state index < -0.39 is 0 Å². The number of para-hydroxylation sites is 1. The van der Waals surface area contributed by atoms with E-state index in [0.717, 1.165) is 29.8 Å². The molecule has 1 aromatic carbocycles. The standard InChI is InChI=1S/C22H26N2O4/c1-2-26-15-17-16-8-3-4-9-19(16)28-21(17)22(25)23-14-18(20-10-7-13-27-20)24-11-5-6-12-24/h3-4,7-10,13,18H,2,5-6,11-12,14-15H2,1H3,(H,23,25)/p+1/t18-/m1/s1. The minimum absolute atomic E-state index is 0.112. The summed E-state index contributed by atoms with van der Waals surface area (Å²) in [5.74, 6) is 1.04. The van der Waals surface area contributed by atoms with E-state index in [1.54, 1.807) is 6.26 Å². The van der Waals surface area contributed by atoms with Crippen molar-refractivity contribution in [2.75, 3.05) is 26.2 Å². The third kappa shape index (κ3) is 3.84. The second-order valence-corrected chi connectivity index (χ2v) is 7.19. The highest BCUT2D eigenvalue weighted by Gasteiger charge is 2.30. The molecule has 0 unspecified atom stereocenters. The van der Waals surface area contributed by atoms with Crippen LogP contribution in [0.2, 0.25) is 0 Å². The normalized spacial score (nSPS) is 15.9. The summed E-state index contributed by atoms with van der Waals surface area (Å²) < 4.78 is 17.1. The minimum atomic E-state index is -0.207. The Morgan fingerprint density at radius 2 is 2.04 bits per heavy atom. The molecule has 3 aromatic rings. The van der Waals surface area contributed by atoms with Crippen molar-refractivity contribution in [2.24, 2.45) is 0 Å². The molecule has 1 amide bonds. The molecule has 2 aromatic heterocycles. The van der Waals surface area contributed by atoms with E-state index in [-0.39, 0.29) is 11.9 Å². The third-order valence-corrected chi connectivity index (χ3v) is 5.45. The highest BCUT2D eigenvalue weighted by molar-refractivity contribution is 5.99. The van der Waals surface area contributed by atoms with Gasteiger partial charge in [-0.1, -0.05) is 18.2 Å². The van der Waals surface area contributed by atoms with E-state index in [1.165, 1.54) is 17.7 Å². The molecular weight excluding hydrogens is 356 g/mol. The Kier molecular flexibility index (Phi) is 5.78. The number of likely N-dealkylation sites (tertiary alicyclic amines) is 1. The lowest BCUT2D eigenvalue weighted by atomic mass is 10.1. The van der Waals surface area contributed by atoms with Crippen LogP contribution in [0.1, 0.15) is 47.7 Å². The summed E-state index contributed by atoms with van der Waals surface area (Å²) in [5.41, 5.74) is 1.51. The highest BCUT2D eigenvalue weighted by Crippen LogP contribution is 2.26. The summed E-state index contributed by atoms with van der Waals surface area (Å²) in [5, 5.41) is 4.00. The maximum Gasteiger partial charge on any atom is 0.287 e. The Hall–Kier alpha value is -2.57. The lowest BCUT2D eigenvalue weighted by Gasteiger charge is -2.23. The predicted octanol–water partition coefficient (Wildman–Crippen LogP) is 2.71. The molecule has 1 saturated heterocycles. The summed E-state index contributed by atoms with van der Waals surface area (Å²) in [6.07, 6.45) is 4.12. The molecule has 0 aliphatic carbocycles. The van der Waals surface area contributed by atoms with Crippen molar-refractivity contribution in [3.63, 3.8) is 0 Å². The number of carbonyl (C=O) groups is 1. The molecule has 28 heavy (non-hydrogen) atoms. The molecule has 6 nitrogen and oxygen atoms in total. The summed E-state index contributed by atoms with van der Waals surface area (Å²) in [7, 11) is 0. The van der Waals surface area contributed by atoms with Gasteiger partial charge in [-0.05, 0) is 25.1 Å². The first-order valence-corrected chi connectivity index (χ1v) is 10.0. The van der Waals surface area contributed by atoms with Crippen molar-refractivity contribution < 1.29 is 23.3 Å². The molecule has 0 radical (unpaired) electrons. The first-order valence-electron chi connectivity index (χ1n) is 10.0. The summed E-state index contributed by atoms with van der Waals surface area (Å²) >= 11 is 0. The van der Waals surface area contributed by atoms with Gasteiger partial charge in [0.15, 0.2) is 17.6 Å². The molecule has 0 spiro atoms. The molecule has 2 N–H and O–H groups in total. The molecule has 4 rings (SSSR count). The number of fused-ring (bicyclic) bond motifs is 1. The predicted molar refractivity (Wildman–Crippen MR) is 105 cm³/mol. The van der Waals surface area contributed by atoms with E-state index in [2.05, 4.69) is 5.32 Å². The number of hydrogen-bond donors (Lipinski definition) is 2. The van der Waals surface area contributed by atoms with E-state index >= 15 is 0 Å². The summed E-state index contributed by atoms with van der Waals surface area (Å²) in [6, 6.07) is 11.7. The lowest BCUT2D eigenvalue weighted by molar-refractivity contribution is -0.919. The SMILES string of the molecule is CCOCc1c(C(=O)NC[C@H](c2ccco2)[NH+]2CCCC2)oc2ccccc12. The van der Waals surface area contributed by atoms with Crippen molar-refractivity contribution in [2.45, 2.75) is 32.4 Å². The van der Waals surface area contributed by atoms with Crippen LogP contribution in [-0.4, -0.2) is 32.1 Å². The number of ether oxygens (including phenoxy) is 1. The Bertz CT molecular complexity index is 910. The second kappa shape index (κ2) is 8.63. The first-order chi connectivity index (χ1) is 13.8. The molecule has 3 heterocycles. The smallest absolute Gasteiger partial charge is 0.287 e. The molecule has 1 aliphatic heterocycles. The maximum absolute atomic E-state index is 13.0. The maximum atomic E-state index is 13.0. The van der Waals surface area contributed by atoms with Crippen LogP contribution in [0, 0.1) is 0 Å². The van der Waals surface area contributed by atoms with Gasteiger partial charge in [-0.3, -0.25) is 4.79 Å². The third-order valence-electron chi connectivity index (χ3n) is 5.45. The molecule has 1 fully saturated rings. The van der Waals surface area contributed by atoms with Crippen molar-refractivity contribution >= 4 is 16.9 Å². The quantitative estimate of drug-likeness (QED) is 0.628. The number of rotatable bonds is 8. The van der Waals surface area contributed by atoms with E-state index in [1.807, 2.05) is 43.3 Å². The Balaban J connectivity index is 1.54. The van der Waals surface area contributed by atoms with Crippen LogP contribution in [0.5, 0.6) is 0 Å². The van der Waals surface area contributed by atoms with Crippen LogP contribution in [0.3, 0.4) is 0 Å². The van der Waals surface area contributed by atoms with Crippen LogP contribution in [-0.2, 0) is 11.3 Å². The van der Waals surface area contributed by atoms with Crippen LogP contribution >= 0.6 is 0 Å². The Labute approximate surface area is 164 Å². The number of amides is 1. The average Bonchev–Trinajstić information content (AvgIpc) is 3.47. The largest absolute Gasteiger partial charge is 0.463 e. The van der Waals surface area contributed by atoms with E-state index in [9.17, 15) is 4.79 Å². The van der Waals surface area contributed by atoms with Gasteiger partial charge in [0.25, 0.3) is 5.91 Å².